The van der Waals surface area contributed by atoms with Crippen LogP contribution in [0.3, 0.4) is 0 Å². The summed E-state index contributed by atoms with van der Waals surface area (Å²) < 4.78 is 25.8. The predicted molar refractivity (Wildman–Crippen MR) is 117 cm³/mol. The maximum atomic E-state index is 13.3. The Morgan fingerprint density at radius 1 is 1.25 bits per heavy atom. The van der Waals surface area contributed by atoms with Crippen LogP contribution in [0.25, 0.3) is 11.2 Å². The van der Waals surface area contributed by atoms with E-state index in [-0.39, 0.29) is 31.2 Å². The number of carboxylic acids is 1. The highest BCUT2D eigenvalue weighted by Gasteiger charge is 2.28. The van der Waals surface area contributed by atoms with Crippen LogP contribution in [0.2, 0.25) is 0 Å². The van der Waals surface area contributed by atoms with Crippen molar-refractivity contribution in [3.05, 3.63) is 12.7 Å². The Morgan fingerprint density at radius 3 is 2.62 bits per heavy atom. The third-order valence-corrected chi connectivity index (χ3v) is 6.31. The first-order chi connectivity index (χ1) is 15.0. The van der Waals surface area contributed by atoms with Crippen molar-refractivity contribution < 1.29 is 28.7 Å². The molecule has 0 spiro atoms. The van der Waals surface area contributed by atoms with Crippen molar-refractivity contribution in [1.82, 2.24) is 29.7 Å². The van der Waals surface area contributed by atoms with Gasteiger partial charge in [-0.2, -0.15) is 0 Å². The number of carbonyl (C=O) groups excluding carboxylic acids is 1. The molecule has 2 rings (SSSR count). The van der Waals surface area contributed by atoms with Gasteiger partial charge in [-0.25, -0.2) is 20.0 Å². The van der Waals surface area contributed by atoms with Crippen molar-refractivity contribution in [2.24, 2.45) is 0 Å². The Kier molecular flexibility index (Phi) is 9.08. The van der Waals surface area contributed by atoms with E-state index in [0.29, 0.717) is 17.7 Å². The van der Waals surface area contributed by atoms with Gasteiger partial charge in [0.1, 0.15) is 24.2 Å². The van der Waals surface area contributed by atoms with E-state index in [4.69, 9.17) is 15.2 Å². The molecular weight excluding hydrogens is 441 g/mol. The monoisotopic (exact) mass is 471 g/mol. The second-order valence-electron chi connectivity index (χ2n) is 7.56. The van der Waals surface area contributed by atoms with Crippen LogP contribution < -0.4 is 15.9 Å². The summed E-state index contributed by atoms with van der Waals surface area (Å²) in [5.41, 5.74) is 6.80. The van der Waals surface area contributed by atoms with Crippen LogP contribution in [0, 0.1) is 0 Å². The number of aliphatic carboxylic acids is 1. The molecule has 178 valence electrons. The maximum Gasteiger partial charge on any atom is 0.320 e. The van der Waals surface area contributed by atoms with Crippen LogP contribution in [0.15, 0.2) is 12.7 Å². The number of rotatable bonds is 13. The van der Waals surface area contributed by atoms with Gasteiger partial charge in [-0.1, -0.05) is 0 Å². The number of nitrogens with one attached hydrogen (secondary N) is 2. The summed E-state index contributed by atoms with van der Waals surface area (Å²) in [5.74, 6) is -1.35. The fourth-order valence-corrected chi connectivity index (χ4v) is 4.68. The lowest BCUT2D eigenvalue weighted by atomic mass is 10.4. The summed E-state index contributed by atoms with van der Waals surface area (Å²) in [6.45, 7) is 6.96. The number of nitrogens with two attached hydrogens (primary N) is 1. The molecule has 0 saturated heterocycles. The van der Waals surface area contributed by atoms with Crippen LogP contribution in [-0.4, -0.2) is 67.7 Å². The molecule has 0 saturated carbocycles. The van der Waals surface area contributed by atoms with Crippen LogP contribution >= 0.6 is 7.44 Å². The third kappa shape index (κ3) is 7.52. The van der Waals surface area contributed by atoms with Crippen LogP contribution in [-0.2, 0) is 30.2 Å². The van der Waals surface area contributed by atoms with Crippen molar-refractivity contribution in [3.8, 4) is 0 Å². The quantitative estimate of drug-likeness (QED) is 0.240. The SMILES string of the molecule is CC(C)OC(=O)CCN[P@](=O)(CO[C@H](C)Cn1cnc2c(N)ncnc21)N[C@H](C)C(=O)O. The van der Waals surface area contributed by atoms with Gasteiger partial charge in [0, 0.05) is 6.54 Å². The van der Waals surface area contributed by atoms with E-state index in [1.807, 2.05) is 0 Å². The number of hydrogen-bond donors (Lipinski definition) is 4. The average Bonchev–Trinajstić information content (AvgIpc) is 3.10. The molecule has 3 atom stereocenters. The van der Waals surface area contributed by atoms with Crippen molar-refractivity contribution in [2.75, 3.05) is 18.6 Å². The Bertz CT molecular complexity index is 982. The van der Waals surface area contributed by atoms with Gasteiger partial charge < -0.3 is 24.9 Å². The van der Waals surface area contributed by atoms with Gasteiger partial charge in [0.15, 0.2) is 11.5 Å². The Morgan fingerprint density at radius 2 is 1.97 bits per heavy atom. The largest absolute Gasteiger partial charge is 0.480 e. The molecule has 14 heteroatoms. The van der Waals surface area contributed by atoms with Gasteiger partial charge in [0.2, 0.25) is 7.44 Å². The molecule has 0 fully saturated rings. The fraction of sp³-hybridized carbons (Fsp3) is 0.611. The zero-order chi connectivity index (χ0) is 23.9. The van der Waals surface area contributed by atoms with E-state index >= 15 is 0 Å². The van der Waals surface area contributed by atoms with Crippen molar-refractivity contribution in [1.29, 1.82) is 0 Å². The number of esters is 1. The summed E-state index contributed by atoms with van der Waals surface area (Å²) in [7, 11) is -3.50. The summed E-state index contributed by atoms with van der Waals surface area (Å²) >= 11 is 0. The number of fused-ring (bicyclic) bond motifs is 1. The highest BCUT2D eigenvalue weighted by Crippen LogP contribution is 2.37. The van der Waals surface area contributed by atoms with E-state index < -0.39 is 31.5 Å². The molecule has 0 aliphatic carbocycles. The van der Waals surface area contributed by atoms with Crippen molar-refractivity contribution in [3.63, 3.8) is 0 Å². The zero-order valence-corrected chi connectivity index (χ0v) is 19.4. The number of hydrogen-bond acceptors (Lipinski definition) is 9. The Hall–Kier alpha value is -2.60. The van der Waals surface area contributed by atoms with Gasteiger partial charge in [-0.3, -0.25) is 19.2 Å². The number of carboxylic acid groups (broad SMARTS) is 1. The first kappa shape index (κ1) is 25.7. The minimum absolute atomic E-state index is 0.0248. The first-order valence-corrected chi connectivity index (χ1v) is 12.0. The maximum absolute atomic E-state index is 13.3. The highest BCUT2D eigenvalue weighted by atomic mass is 31.2. The smallest absolute Gasteiger partial charge is 0.320 e. The second kappa shape index (κ2) is 11.3. The minimum Gasteiger partial charge on any atom is -0.480 e. The number of nitrogen functional groups attached to an aromatic ring is 1. The van der Waals surface area contributed by atoms with Crippen LogP contribution in [0.1, 0.15) is 34.1 Å². The molecule has 13 nitrogen and oxygen atoms in total. The first-order valence-electron chi connectivity index (χ1n) is 10.1. The van der Waals surface area contributed by atoms with Crippen molar-refractivity contribution >= 4 is 36.4 Å². The number of nitrogens with zero attached hydrogens (tertiary/aromatic N) is 4. The van der Waals surface area contributed by atoms with Gasteiger partial charge >= 0.3 is 11.9 Å². The molecule has 0 aliphatic heterocycles. The lowest BCUT2D eigenvalue weighted by Gasteiger charge is -2.25. The lowest BCUT2D eigenvalue weighted by molar-refractivity contribution is -0.147. The van der Waals surface area contributed by atoms with E-state index in [2.05, 4.69) is 25.1 Å². The molecule has 2 heterocycles. The summed E-state index contributed by atoms with van der Waals surface area (Å²) in [6, 6.07) is -1.09. The number of ether oxygens (including phenoxy) is 2. The molecule has 5 N–H and O–H groups in total. The van der Waals surface area contributed by atoms with E-state index in [9.17, 15) is 19.3 Å². The molecule has 0 radical (unpaired) electrons. The molecule has 0 aliphatic rings. The van der Waals surface area contributed by atoms with E-state index in [1.54, 1.807) is 31.7 Å². The van der Waals surface area contributed by atoms with Crippen LogP contribution in [0.5, 0.6) is 0 Å². The second-order valence-corrected chi connectivity index (χ2v) is 9.87. The molecule has 32 heavy (non-hydrogen) atoms. The zero-order valence-electron chi connectivity index (χ0n) is 18.5. The molecule has 0 amide bonds. The highest BCUT2D eigenvalue weighted by molar-refractivity contribution is 7.59. The molecule has 2 aromatic rings. The van der Waals surface area contributed by atoms with E-state index in [0.717, 1.165) is 0 Å². The number of imidazole rings is 1. The number of aromatic nitrogens is 4. The molecule has 0 unspecified atom stereocenters. The van der Waals surface area contributed by atoms with Crippen LogP contribution in [0.4, 0.5) is 5.82 Å². The summed E-state index contributed by atoms with van der Waals surface area (Å²) in [6.07, 6.45) is 1.88. The normalized spacial score (nSPS) is 15.4. The van der Waals surface area contributed by atoms with Crippen molar-refractivity contribution in [2.45, 2.75) is 58.9 Å². The Balaban J connectivity index is 1.99. The minimum atomic E-state index is -3.50. The lowest BCUT2D eigenvalue weighted by Crippen LogP contribution is -2.38. The fourth-order valence-electron chi connectivity index (χ4n) is 2.75. The molecular formula is C18H30N7O6P. The average molecular weight is 471 g/mol. The van der Waals surface area contributed by atoms with Gasteiger partial charge in [-0.05, 0) is 27.7 Å². The standard InChI is InChI=1S/C18H30N7O6P/c1-11(2)31-14(26)5-6-23-32(29,24-13(4)18(27)28)10-30-12(3)7-25-9-22-15-16(19)20-8-21-17(15)25/h8-9,11-13H,5-7,10H2,1-4H3,(H,27,28)(H2,19,20,21)(H2,23,24,29)/t12-,13-,32-/m1/s1. The van der Waals surface area contributed by atoms with Gasteiger partial charge in [0.25, 0.3) is 0 Å². The number of anilines is 1. The molecule has 2 aromatic heterocycles. The molecule has 0 aromatic carbocycles. The summed E-state index contributed by atoms with van der Waals surface area (Å²) in [4.78, 5) is 35.2. The third-order valence-electron chi connectivity index (χ3n) is 4.26. The summed E-state index contributed by atoms with van der Waals surface area (Å²) in [5, 5.41) is 14.5. The Labute approximate surface area is 185 Å². The van der Waals surface area contributed by atoms with E-state index in [1.165, 1.54) is 13.3 Å². The predicted octanol–water partition coefficient (Wildman–Crippen LogP) is 0.958. The van der Waals surface area contributed by atoms with Gasteiger partial charge in [-0.15, -0.1) is 0 Å². The number of carbonyl (C=O) groups is 2. The molecule has 0 bridgehead atoms. The van der Waals surface area contributed by atoms with Gasteiger partial charge in [0.05, 0.1) is 31.5 Å². The topological polar surface area (TPSA) is 184 Å².